The number of hydrogen-bond donors (Lipinski definition) is 2. The number of halogens is 1. The van der Waals surface area contributed by atoms with Crippen molar-refractivity contribution >= 4 is 40.0 Å². The molecule has 0 aliphatic carbocycles. The summed E-state index contributed by atoms with van der Waals surface area (Å²) in [5.74, 6) is 0.522. The number of nitrogens with two attached hydrogens (primary N) is 1. The van der Waals surface area contributed by atoms with Gasteiger partial charge in [0.2, 0.25) is 17.8 Å². The maximum Gasteiger partial charge on any atom is 0.222 e. The Morgan fingerprint density at radius 1 is 0.755 bits per heavy atom. The summed E-state index contributed by atoms with van der Waals surface area (Å²) in [6, 6.07) is 11.4. The molecule has 8 rings (SSSR count). The zero-order valence-corrected chi connectivity index (χ0v) is 30.5. The van der Waals surface area contributed by atoms with Gasteiger partial charge >= 0.3 is 0 Å². The molecule has 14 nitrogen and oxygen atoms in total. The first-order valence-corrected chi connectivity index (χ1v) is 17.7. The van der Waals surface area contributed by atoms with Crippen molar-refractivity contribution in [3.05, 3.63) is 79.5 Å². The molecule has 2 aliphatic rings. The minimum atomic E-state index is -0.532. The number of aromatic nitrogens is 8. The van der Waals surface area contributed by atoms with Crippen LogP contribution in [0.15, 0.2) is 73.6 Å². The number of carbonyl (C=O) groups is 2. The Hall–Kier alpha value is -5.83. The minimum Gasteiger partial charge on any atom is -0.365 e. The van der Waals surface area contributed by atoms with Crippen molar-refractivity contribution in [3.8, 4) is 22.5 Å². The second kappa shape index (κ2) is 16.7. The first kappa shape index (κ1) is 36.9. The molecule has 276 valence electrons. The van der Waals surface area contributed by atoms with Crippen LogP contribution < -0.4 is 11.1 Å². The zero-order chi connectivity index (χ0) is 37.5. The second-order valence-corrected chi connectivity index (χ2v) is 13.3. The Morgan fingerprint density at radius 3 is 1.87 bits per heavy atom. The highest BCUT2D eigenvalue weighted by Gasteiger charge is 2.23. The molecule has 2 atom stereocenters. The lowest BCUT2D eigenvalue weighted by Gasteiger charge is -2.33. The van der Waals surface area contributed by atoms with Gasteiger partial charge in [0, 0.05) is 96.6 Å². The molecule has 3 N–H and O–H groups in total. The van der Waals surface area contributed by atoms with E-state index in [0.717, 1.165) is 84.7 Å². The molecule has 1 unspecified atom stereocenters. The zero-order valence-electron chi connectivity index (χ0n) is 30.5. The van der Waals surface area contributed by atoms with Crippen molar-refractivity contribution in [1.29, 1.82) is 0 Å². The molecular weight excluding hydrogens is 675 g/mol. The molecular formula is C38H45FN12O2. The Kier molecular flexibility index (Phi) is 11.6. The van der Waals surface area contributed by atoms with E-state index >= 15 is 0 Å². The Labute approximate surface area is 307 Å². The molecule has 15 heteroatoms. The quantitative estimate of drug-likeness (QED) is 0.246. The van der Waals surface area contributed by atoms with Gasteiger partial charge in [0.15, 0.2) is 11.3 Å². The third kappa shape index (κ3) is 8.98. The van der Waals surface area contributed by atoms with Crippen molar-refractivity contribution in [2.45, 2.75) is 51.6 Å². The topological polar surface area (TPSA) is 166 Å². The largest absolute Gasteiger partial charge is 0.365 e. The second-order valence-electron chi connectivity index (χ2n) is 13.3. The van der Waals surface area contributed by atoms with Crippen LogP contribution in [0.5, 0.6) is 0 Å². The normalized spacial score (nSPS) is 17.1. The lowest BCUT2D eigenvalue weighted by Crippen LogP contribution is -2.44. The predicted octanol–water partition coefficient (Wildman–Crippen LogP) is 4.58. The summed E-state index contributed by atoms with van der Waals surface area (Å²) in [5, 5.41) is 3.51. The number of nitrogens with zero attached hydrogens (tertiary/aromatic N) is 10. The summed E-state index contributed by atoms with van der Waals surface area (Å²) in [4.78, 5) is 52.2. The van der Waals surface area contributed by atoms with Gasteiger partial charge in [-0.3, -0.25) is 19.6 Å². The minimum absolute atomic E-state index is 0.123. The number of piperidine rings is 2. The van der Waals surface area contributed by atoms with Gasteiger partial charge in [0.05, 0.1) is 29.3 Å². The monoisotopic (exact) mass is 720 g/mol. The molecule has 0 spiro atoms. The molecule has 2 fully saturated rings. The van der Waals surface area contributed by atoms with E-state index in [-0.39, 0.29) is 23.9 Å². The summed E-state index contributed by atoms with van der Waals surface area (Å²) in [7, 11) is 3.84. The average molecular weight is 721 g/mol. The standard InChI is InChI=1S/C19H22N6O.C12H9FN4.C7H14N2O/c1-13(26)25-9-4-5-14(12-25)22-18-15(6-3-8-20-18)17-11-21-16-7-10-24(2)19(16)23-17;1-17-6-4-9-12(17)16-10(7-15-9)8-3-2-5-14-11(8)13;1-6(10)9-4-2-3-7(8)5-9/h3,6-8,10-11,14H,4-5,9,12H2,1-2H3,(H,20,22);2-7H,1H3;7H,2-5,8H2,1H3/t;;7-/m..0/s1. The van der Waals surface area contributed by atoms with Crippen molar-refractivity contribution in [3.63, 3.8) is 0 Å². The van der Waals surface area contributed by atoms with Crippen LogP contribution in [-0.4, -0.2) is 98.9 Å². The van der Waals surface area contributed by atoms with Gasteiger partial charge in [-0.1, -0.05) is 0 Å². The molecule has 2 saturated heterocycles. The lowest BCUT2D eigenvalue weighted by atomic mass is 10.0. The number of hydrogen-bond acceptors (Lipinski definition) is 10. The van der Waals surface area contributed by atoms with E-state index in [4.69, 9.17) is 10.7 Å². The number of likely N-dealkylation sites (tertiary alicyclic amines) is 2. The molecule has 6 aromatic rings. The van der Waals surface area contributed by atoms with E-state index in [9.17, 15) is 14.0 Å². The van der Waals surface area contributed by atoms with Gasteiger partial charge in [-0.25, -0.2) is 19.9 Å². The summed E-state index contributed by atoms with van der Waals surface area (Å²) in [6.07, 6.45) is 14.5. The van der Waals surface area contributed by atoms with Gasteiger partial charge in [-0.2, -0.15) is 4.39 Å². The number of amides is 2. The SMILES string of the molecule is CC(=O)N1CCCC(Nc2ncccc2-c2cnc3ccn(C)c3n2)C1.CC(=O)N1CCC[C@H](N)C1.Cn1ccc2ncc(-c3cccnc3F)nc21. The molecule has 2 amide bonds. The van der Waals surface area contributed by atoms with Crippen LogP contribution in [0.25, 0.3) is 44.8 Å². The van der Waals surface area contributed by atoms with Crippen LogP contribution in [0, 0.1) is 5.95 Å². The highest BCUT2D eigenvalue weighted by Crippen LogP contribution is 2.27. The summed E-state index contributed by atoms with van der Waals surface area (Å²) in [6.45, 7) is 6.39. The number of rotatable bonds is 4. The molecule has 8 heterocycles. The Bertz CT molecular complexity index is 2200. The van der Waals surface area contributed by atoms with Gasteiger partial charge in [0.1, 0.15) is 16.9 Å². The Balaban J connectivity index is 0.000000152. The average Bonchev–Trinajstić information content (AvgIpc) is 3.73. The molecule has 53 heavy (non-hydrogen) atoms. The fraction of sp³-hybridized carbons (Fsp3) is 0.368. The highest BCUT2D eigenvalue weighted by atomic mass is 19.1. The van der Waals surface area contributed by atoms with Crippen molar-refractivity contribution < 1.29 is 14.0 Å². The number of pyridine rings is 2. The van der Waals surface area contributed by atoms with E-state index in [1.807, 2.05) is 69.7 Å². The Morgan fingerprint density at radius 2 is 1.30 bits per heavy atom. The van der Waals surface area contributed by atoms with E-state index in [2.05, 4.69) is 30.2 Å². The molecule has 0 saturated carbocycles. The fourth-order valence-electron chi connectivity index (χ4n) is 6.47. The van der Waals surface area contributed by atoms with Gasteiger partial charge < -0.3 is 30.0 Å². The van der Waals surface area contributed by atoms with Crippen LogP contribution in [0.3, 0.4) is 0 Å². The van der Waals surface area contributed by atoms with E-state index in [0.29, 0.717) is 17.8 Å². The molecule has 2 aliphatic heterocycles. The first-order valence-electron chi connectivity index (χ1n) is 17.7. The molecule has 0 bridgehead atoms. The fourth-order valence-corrected chi connectivity index (χ4v) is 6.47. The van der Waals surface area contributed by atoms with Gasteiger partial charge in [0.25, 0.3) is 0 Å². The van der Waals surface area contributed by atoms with Crippen molar-refractivity contribution in [2.75, 3.05) is 31.5 Å². The number of carbonyl (C=O) groups excluding carboxylic acids is 2. The third-order valence-electron chi connectivity index (χ3n) is 9.37. The van der Waals surface area contributed by atoms with Crippen molar-refractivity contribution in [1.82, 2.24) is 48.8 Å². The number of nitrogens with one attached hydrogen (secondary N) is 1. The summed E-state index contributed by atoms with van der Waals surface area (Å²) in [5.41, 5.74) is 11.5. The molecule has 6 aromatic heterocycles. The van der Waals surface area contributed by atoms with Gasteiger partial charge in [-0.05, 0) is 62.1 Å². The lowest BCUT2D eigenvalue weighted by molar-refractivity contribution is -0.130. The van der Waals surface area contributed by atoms with Crippen molar-refractivity contribution in [2.24, 2.45) is 19.8 Å². The van der Waals surface area contributed by atoms with Crippen LogP contribution >= 0.6 is 0 Å². The van der Waals surface area contributed by atoms with Crippen LogP contribution in [0.2, 0.25) is 0 Å². The van der Waals surface area contributed by atoms with Gasteiger partial charge in [-0.15, -0.1) is 0 Å². The third-order valence-corrected chi connectivity index (χ3v) is 9.37. The maximum absolute atomic E-state index is 13.5. The first-order chi connectivity index (χ1) is 25.6. The van der Waals surface area contributed by atoms with E-state index < -0.39 is 5.95 Å². The maximum atomic E-state index is 13.5. The summed E-state index contributed by atoms with van der Waals surface area (Å²) < 4.78 is 17.3. The van der Waals surface area contributed by atoms with E-state index in [1.54, 1.807) is 44.6 Å². The van der Waals surface area contributed by atoms with Crippen LogP contribution in [-0.2, 0) is 23.7 Å². The molecule has 0 radical (unpaired) electrons. The van der Waals surface area contributed by atoms with E-state index in [1.165, 1.54) is 6.20 Å². The summed E-state index contributed by atoms with van der Waals surface area (Å²) >= 11 is 0. The predicted molar refractivity (Wildman–Crippen MR) is 202 cm³/mol. The van der Waals surface area contributed by atoms with Crippen LogP contribution in [0.4, 0.5) is 10.2 Å². The molecule has 0 aromatic carbocycles. The smallest absolute Gasteiger partial charge is 0.222 e. The highest BCUT2D eigenvalue weighted by molar-refractivity contribution is 5.79. The van der Waals surface area contributed by atoms with Crippen LogP contribution in [0.1, 0.15) is 39.5 Å². The number of anilines is 1. The number of aryl methyl sites for hydroxylation is 2. The number of fused-ring (bicyclic) bond motifs is 2.